The number of amides is 3. The summed E-state index contributed by atoms with van der Waals surface area (Å²) >= 11 is 0. The fourth-order valence-corrected chi connectivity index (χ4v) is 2.21. The van der Waals surface area contributed by atoms with Gasteiger partial charge in [-0.25, -0.2) is 0 Å². The number of carbonyl (C=O) groups excluding carboxylic acids is 3. The minimum atomic E-state index is -0.0638. The number of likely N-dealkylation sites (tertiary alicyclic amines) is 1. The van der Waals surface area contributed by atoms with E-state index in [0.29, 0.717) is 32.4 Å². The Hall–Kier alpha value is -1.59. The Morgan fingerprint density at radius 1 is 1.37 bits per heavy atom. The summed E-state index contributed by atoms with van der Waals surface area (Å²) in [5.74, 6) is 0.355. The van der Waals surface area contributed by atoms with E-state index in [9.17, 15) is 14.4 Å². The van der Waals surface area contributed by atoms with E-state index in [1.807, 2.05) is 0 Å². The summed E-state index contributed by atoms with van der Waals surface area (Å²) in [5.41, 5.74) is 0. The predicted molar refractivity (Wildman–Crippen MR) is 69.2 cm³/mol. The van der Waals surface area contributed by atoms with Crippen LogP contribution in [0.15, 0.2) is 0 Å². The van der Waals surface area contributed by atoms with Gasteiger partial charge in [0.25, 0.3) is 0 Å². The van der Waals surface area contributed by atoms with Crippen LogP contribution in [0.3, 0.4) is 0 Å². The average Bonchev–Trinajstić information content (AvgIpc) is 3.14. The normalized spacial score (nSPS) is 22.5. The van der Waals surface area contributed by atoms with Crippen LogP contribution in [-0.4, -0.2) is 48.8 Å². The standard InChI is InChI=1S/C13H21N3O3/c1-16-8-10(7-12(16)18)15-11(17)3-2-6-14-13(19)9-4-5-9/h9-10H,2-8H2,1H3,(H,14,19)(H,15,17). The molecule has 2 aliphatic rings. The van der Waals surface area contributed by atoms with Crippen molar-refractivity contribution in [3.63, 3.8) is 0 Å². The molecule has 1 unspecified atom stereocenters. The molecule has 0 aromatic rings. The molecule has 0 radical (unpaired) electrons. The van der Waals surface area contributed by atoms with E-state index in [2.05, 4.69) is 10.6 Å². The molecule has 0 spiro atoms. The Bertz CT molecular complexity index is 379. The second-order valence-electron chi connectivity index (χ2n) is 5.41. The Morgan fingerprint density at radius 3 is 2.68 bits per heavy atom. The molecule has 19 heavy (non-hydrogen) atoms. The number of likely N-dealkylation sites (N-methyl/N-ethyl adjacent to an activating group) is 1. The van der Waals surface area contributed by atoms with Crippen molar-refractivity contribution in [2.24, 2.45) is 5.92 Å². The minimum Gasteiger partial charge on any atom is -0.356 e. The zero-order chi connectivity index (χ0) is 13.8. The summed E-state index contributed by atoms with van der Waals surface area (Å²) in [6.45, 7) is 1.13. The topological polar surface area (TPSA) is 78.5 Å². The largest absolute Gasteiger partial charge is 0.356 e. The zero-order valence-corrected chi connectivity index (χ0v) is 11.3. The second kappa shape index (κ2) is 6.04. The molecule has 2 rings (SSSR count). The van der Waals surface area contributed by atoms with E-state index in [4.69, 9.17) is 0 Å². The van der Waals surface area contributed by atoms with Crippen molar-refractivity contribution in [2.75, 3.05) is 20.1 Å². The lowest BCUT2D eigenvalue weighted by Crippen LogP contribution is -2.36. The fraction of sp³-hybridized carbons (Fsp3) is 0.769. The highest BCUT2D eigenvalue weighted by atomic mass is 16.2. The van der Waals surface area contributed by atoms with Crippen molar-refractivity contribution in [3.8, 4) is 0 Å². The second-order valence-corrected chi connectivity index (χ2v) is 5.41. The lowest BCUT2D eigenvalue weighted by Gasteiger charge is -2.12. The van der Waals surface area contributed by atoms with E-state index < -0.39 is 0 Å². The number of hydrogen-bond donors (Lipinski definition) is 2. The van der Waals surface area contributed by atoms with E-state index >= 15 is 0 Å². The summed E-state index contributed by atoms with van der Waals surface area (Å²) in [4.78, 5) is 35.9. The first-order valence-corrected chi connectivity index (χ1v) is 6.87. The van der Waals surface area contributed by atoms with Gasteiger partial charge in [-0.1, -0.05) is 0 Å². The van der Waals surface area contributed by atoms with Gasteiger partial charge in [0.1, 0.15) is 0 Å². The average molecular weight is 267 g/mol. The lowest BCUT2D eigenvalue weighted by molar-refractivity contribution is -0.126. The van der Waals surface area contributed by atoms with Gasteiger partial charge in [-0.3, -0.25) is 14.4 Å². The van der Waals surface area contributed by atoms with Crippen LogP contribution in [0.2, 0.25) is 0 Å². The third kappa shape index (κ3) is 4.22. The predicted octanol–water partition coefficient (Wildman–Crippen LogP) is -0.360. The monoisotopic (exact) mass is 267 g/mol. The van der Waals surface area contributed by atoms with Gasteiger partial charge in [0, 0.05) is 38.9 Å². The van der Waals surface area contributed by atoms with Gasteiger partial charge in [-0.15, -0.1) is 0 Å². The van der Waals surface area contributed by atoms with Crippen molar-refractivity contribution >= 4 is 17.7 Å². The molecule has 1 saturated carbocycles. The minimum absolute atomic E-state index is 0.0474. The van der Waals surface area contributed by atoms with Crippen LogP contribution in [0.25, 0.3) is 0 Å². The van der Waals surface area contributed by atoms with Crippen LogP contribution in [-0.2, 0) is 14.4 Å². The smallest absolute Gasteiger partial charge is 0.224 e. The van der Waals surface area contributed by atoms with E-state index in [-0.39, 0.29) is 29.7 Å². The Morgan fingerprint density at radius 2 is 2.11 bits per heavy atom. The SMILES string of the molecule is CN1CC(NC(=O)CCCNC(=O)C2CC2)CC1=O. The maximum absolute atomic E-state index is 11.6. The molecule has 1 saturated heterocycles. The van der Waals surface area contributed by atoms with E-state index in [1.165, 1.54) is 0 Å². The molecule has 1 atom stereocenters. The fourth-order valence-electron chi connectivity index (χ4n) is 2.21. The number of carbonyl (C=O) groups is 3. The van der Waals surface area contributed by atoms with E-state index in [0.717, 1.165) is 12.8 Å². The molecule has 1 aliphatic heterocycles. The summed E-state index contributed by atoms with van der Waals surface area (Å²) in [7, 11) is 1.74. The molecule has 2 N–H and O–H groups in total. The summed E-state index contributed by atoms with van der Waals surface area (Å²) in [6, 6.07) is -0.0638. The molecule has 0 bridgehead atoms. The molecule has 6 heteroatoms. The van der Waals surface area contributed by atoms with Crippen molar-refractivity contribution in [3.05, 3.63) is 0 Å². The molecular weight excluding hydrogens is 246 g/mol. The summed E-state index contributed by atoms with van der Waals surface area (Å²) < 4.78 is 0. The molecule has 0 aromatic carbocycles. The highest BCUT2D eigenvalue weighted by Gasteiger charge is 2.29. The quantitative estimate of drug-likeness (QED) is 0.645. The van der Waals surface area contributed by atoms with Gasteiger partial charge in [0.15, 0.2) is 0 Å². The van der Waals surface area contributed by atoms with Gasteiger partial charge in [-0.05, 0) is 19.3 Å². The van der Waals surface area contributed by atoms with Crippen LogP contribution >= 0.6 is 0 Å². The number of nitrogens with one attached hydrogen (secondary N) is 2. The van der Waals surface area contributed by atoms with Crippen LogP contribution in [0, 0.1) is 5.92 Å². The van der Waals surface area contributed by atoms with Gasteiger partial charge >= 0.3 is 0 Å². The van der Waals surface area contributed by atoms with Crippen LogP contribution in [0.1, 0.15) is 32.1 Å². The highest BCUT2D eigenvalue weighted by molar-refractivity contribution is 5.82. The maximum Gasteiger partial charge on any atom is 0.224 e. The van der Waals surface area contributed by atoms with Gasteiger partial charge in [0.05, 0.1) is 6.04 Å². The van der Waals surface area contributed by atoms with Crippen molar-refractivity contribution in [1.29, 1.82) is 0 Å². The zero-order valence-electron chi connectivity index (χ0n) is 11.3. The van der Waals surface area contributed by atoms with Crippen LogP contribution < -0.4 is 10.6 Å². The van der Waals surface area contributed by atoms with Gasteiger partial charge in [-0.2, -0.15) is 0 Å². The molecule has 1 heterocycles. The first-order valence-electron chi connectivity index (χ1n) is 6.87. The molecular formula is C13H21N3O3. The first kappa shape index (κ1) is 13.8. The summed E-state index contributed by atoms with van der Waals surface area (Å²) in [6.07, 6.45) is 3.41. The highest BCUT2D eigenvalue weighted by Crippen LogP contribution is 2.28. The molecule has 106 valence electrons. The molecule has 3 amide bonds. The third-order valence-corrected chi connectivity index (χ3v) is 3.53. The Kier molecular flexibility index (Phi) is 4.39. The van der Waals surface area contributed by atoms with Crippen molar-refractivity contribution in [1.82, 2.24) is 15.5 Å². The Balaban J connectivity index is 1.54. The number of rotatable bonds is 6. The molecule has 0 aromatic heterocycles. The van der Waals surface area contributed by atoms with Crippen molar-refractivity contribution < 1.29 is 14.4 Å². The van der Waals surface area contributed by atoms with Gasteiger partial charge < -0.3 is 15.5 Å². The number of hydrogen-bond acceptors (Lipinski definition) is 3. The third-order valence-electron chi connectivity index (χ3n) is 3.53. The summed E-state index contributed by atoms with van der Waals surface area (Å²) in [5, 5.41) is 5.68. The lowest BCUT2D eigenvalue weighted by atomic mass is 10.2. The first-order chi connectivity index (χ1) is 9.06. The molecule has 6 nitrogen and oxygen atoms in total. The number of nitrogens with zero attached hydrogens (tertiary/aromatic N) is 1. The maximum atomic E-state index is 11.6. The molecule has 1 aliphatic carbocycles. The molecule has 2 fully saturated rings. The van der Waals surface area contributed by atoms with Crippen molar-refractivity contribution in [2.45, 2.75) is 38.1 Å². The van der Waals surface area contributed by atoms with Gasteiger partial charge in [0.2, 0.25) is 17.7 Å². The Labute approximate surface area is 112 Å². The van der Waals surface area contributed by atoms with E-state index in [1.54, 1.807) is 11.9 Å². The van der Waals surface area contributed by atoms with Crippen LogP contribution in [0.4, 0.5) is 0 Å². The van der Waals surface area contributed by atoms with Crippen LogP contribution in [0.5, 0.6) is 0 Å².